The number of nitrogens with one attached hydrogen (secondary N) is 1. The van der Waals surface area contributed by atoms with E-state index in [0.717, 1.165) is 8.78 Å². The molecule has 0 radical (unpaired) electrons. The van der Waals surface area contributed by atoms with Crippen molar-refractivity contribution in [2.24, 2.45) is 5.92 Å². The number of nitrogens with zero attached hydrogens (tertiary/aromatic N) is 2. The van der Waals surface area contributed by atoms with Gasteiger partial charge in [-0.1, -0.05) is 34.9 Å². The van der Waals surface area contributed by atoms with Crippen LogP contribution in [0.15, 0.2) is 50.5 Å². The lowest BCUT2D eigenvalue weighted by atomic mass is 10.2. The molecule has 130 valence electrons. The Morgan fingerprint density at radius 3 is 2.50 bits per heavy atom. The molecular weight excluding hydrogens is 398 g/mol. The Hall–Kier alpha value is -1.71. The number of sulfonamides is 1. The molecule has 0 aliphatic rings. The number of anilines is 1. The number of halogens is 1. The van der Waals surface area contributed by atoms with Crippen LogP contribution in [-0.2, 0) is 14.8 Å². The van der Waals surface area contributed by atoms with Crippen molar-refractivity contribution in [3.63, 3.8) is 0 Å². The van der Waals surface area contributed by atoms with Crippen LogP contribution in [0.4, 0.5) is 5.82 Å². The van der Waals surface area contributed by atoms with Crippen LogP contribution in [0.5, 0.6) is 0 Å². The molecule has 0 atom stereocenters. The molecule has 1 heterocycles. The van der Waals surface area contributed by atoms with Crippen molar-refractivity contribution in [1.82, 2.24) is 9.46 Å². The van der Waals surface area contributed by atoms with Gasteiger partial charge >= 0.3 is 0 Å². The van der Waals surface area contributed by atoms with Crippen LogP contribution < -0.4 is 5.32 Å². The highest BCUT2D eigenvalue weighted by atomic mass is 79.9. The van der Waals surface area contributed by atoms with Gasteiger partial charge in [-0.3, -0.25) is 4.79 Å². The standard InChI is InChI=1S/C15H18BrN3O4S/c1-11(2)9-19(10-15(20)17-14-7-8-23-18-14)24(21,22)13-5-3-12(16)4-6-13/h3-8,11H,9-10H2,1-2H3,(H,17,18,20). The van der Waals surface area contributed by atoms with E-state index < -0.39 is 15.9 Å². The average Bonchev–Trinajstić information content (AvgIpc) is 2.99. The minimum atomic E-state index is -3.78. The molecule has 0 unspecified atom stereocenters. The minimum absolute atomic E-state index is 0.0649. The van der Waals surface area contributed by atoms with Crippen molar-refractivity contribution >= 4 is 37.7 Å². The van der Waals surface area contributed by atoms with Crippen LogP contribution in [0, 0.1) is 5.92 Å². The normalized spacial score (nSPS) is 11.9. The summed E-state index contributed by atoms with van der Waals surface area (Å²) in [6.45, 7) is 3.70. The maximum atomic E-state index is 12.8. The highest BCUT2D eigenvalue weighted by molar-refractivity contribution is 9.10. The van der Waals surface area contributed by atoms with Gasteiger partial charge < -0.3 is 9.84 Å². The summed E-state index contributed by atoms with van der Waals surface area (Å²) in [5.74, 6) is -0.175. The fourth-order valence-electron chi connectivity index (χ4n) is 2.03. The van der Waals surface area contributed by atoms with Gasteiger partial charge in [0.05, 0.1) is 11.4 Å². The molecule has 1 aromatic heterocycles. The second-order valence-electron chi connectivity index (χ2n) is 5.58. The van der Waals surface area contributed by atoms with E-state index in [1.54, 1.807) is 12.1 Å². The smallest absolute Gasteiger partial charge is 0.243 e. The highest BCUT2D eigenvalue weighted by Crippen LogP contribution is 2.20. The topological polar surface area (TPSA) is 92.5 Å². The summed E-state index contributed by atoms with van der Waals surface area (Å²) in [5.41, 5.74) is 0. The first-order chi connectivity index (χ1) is 11.3. The van der Waals surface area contributed by atoms with Gasteiger partial charge in [0.1, 0.15) is 6.26 Å². The second kappa shape index (κ2) is 7.91. The number of rotatable bonds is 7. The summed E-state index contributed by atoms with van der Waals surface area (Å²) in [7, 11) is -3.78. The molecule has 0 saturated heterocycles. The van der Waals surface area contributed by atoms with Crippen LogP contribution in [-0.4, -0.2) is 36.9 Å². The van der Waals surface area contributed by atoms with Crippen LogP contribution in [0.2, 0.25) is 0 Å². The van der Waals surface area contributed by atoms with E-state index >= 15 is 0 Å². The number of carbonyl (C=O) groups excluding carboxylic acids is 1. The Kier molecular flexibility index (Phi) is 6.14. The van der Waals surface area contributed by atoms with Gasteiger partial charge in [-0.15, -0.1) is 0 Å². The lowest BCUT2D eigenvalue weighted by molar-refractivity contribution is -0.116. The van der Waals surface area contributed by atoms with E-state index in [-0.39, 0.29) is 29.7 Å². The van der Waals surface area contributed by atoms with E-state index in [1.807, 2.05) is 13.8 Å². The molecule has 7 nitrogen and oxygen atoms in total. The molecule has 0 spiro atoms. The zero-order valence-electron chi connectivity index (χ0n) is 13.3. The summed E-state index contributed by atoms with van der Waals surface area (Å²) >= 11 is 3.27. The number of hydrogen-bond donors (Lipinski definition) is 1. The monoisotopic (exact) mass is 415 g/mol. The third kappa shape index (κ3) is 4.89. The van der Waals surface area contributed by atoms with Gasteiger partial charge in [-0.25, -0.2) is 8.42 Å². The van der Waals surface area contributed by atoms with Gasteiger partial charge in [0.25, 0.3) is 0 Å². The summed E-state index contributed by atoms with van der Waals surface area (Å²) < 4.78 is 32.2. The Morgan fingerprint density at radius 1 is 1.29 bits per heavy atom. The van der Waals surface area contributed by atoms with E-state index in [4.69, 9.17) is 0 Å². The number of hydrogen-bond acceptors (Lipinski definition) is 5. The Morgan fingerprint density at radius 2 is 1.96 bits per heavy atom. The summed E-state index contributed by atoms with van der Waals surface area (Å²) in [6, 6.07) is 7.78. The number of amides is 1. The quantitative estimate of drug-likeness (QED) is 0.750. The Labute approximate surface area is 149 Å². The summed E-state index contributed by atoms with van der Waals surface area (Å²) in [5, 5.41) is 6.08. The van der Waals surface area contributed by atoms with Crippen LogP contribution in [0.25, 0.3) is 0 Å². The van der Waals surface area contributed by atoms with Gasteiger partial charge in [0.15, 0.2) is 5.82 Å². The van der Waals surface area contributed by atoms with Crippen molar-refractivity contribution in [2.45, 2.75) is 18.7 Å². The first kappa shape index (κ1) is 18.6. The first-order valence-corrected chi connectivity index (χ1v) is 9.48. The van der Waals surface area contributed by atoms with Crippen LogP contribution in [0.1, 0.15) is 13.8 Å². The molecular formula is C15H18BrN3O4S. The van der Waals surface area contributed by atoms with Gasteiger partial charge in [0.2, 0.25) is 15.9 Å². The van der Waals surface area contributed by atoms with E-state index in [9.17, 15) is 13.2 Å². The number of benzene rings is 1. The fraction of sp³-hybridized carbons (Fsp3) is 0.333. The predicted molar refractivity (Wildman–Crippen MR) is 92.9 cm³/mol. The Balaban J connectivity index is 2.20. The molecule has 0 aliphatic heterocycles. The molecule has 2 aromatic rings. The molecule has 0 bridgehead atoms. The third-order valence-electron chi connectivity index (χ3n) is 3.05. The summed E-state index contributed by atoms with van der Waals surface area (Å²) in [4.78, 5) is 12.3. The lowest BCUT2D eigenvalue weighted by Crippen LogP contribution is -2.40. The van der Waals surface area contributed by atoms with Crippen LogP contribution in [0.3, 0.4) is 0 Å². The zero-order chi connectivity index (χ0) is 17.7. The molecule has 2 rings (SSSR count). The molecule has 9 heteroatoms. The number of carbonyl (C=O) groups is 1. The van der Waals surface area contributed by atoms with Crippen molar-refractivity contribution in [3.05, 3.63) is 41.1 Å². The first-order valence-electron chi connectivity index (χ1n) is 7.25. The Bertz CT molecular complexity index is 774. The van der Waals surface area contributed by atoms with E-state index in [0.29, 0.717) is 0 Å². The minimum Gasteiger partial charge on any atom is -0.363 e. The van der Waals surface area contributed by atoms with Gasteiger partial charge in [-0.2, -0.15) is 4.31 Å². The maximum absolute atomic E-state index is 12.8. The maximum Gasteiger partial charge on any atom is 0.243 e. The van der Waals surface area contributed by atoms with Gasteiger partial charge in [-0.05, 0) is 30.2 Å². The largest absolute Gasteiger partial charge is 0.363 e. The third-order valence-corrected chi connectivity index (χ3v) is 5.40. The van der Waals surface area contributed by atoms with E-state index in [1.165, 1.54) is 24.5 Å². The molecule has 0 saturated carbocycles. The molecule has 0 fully saturated rings. The highest BCUT2D eigenvalue weighted by Gasteiger charge is 2.27. The van der Waals surface area contributed by atoms with Crippen molar-refractivity contribution in [2.75, 3.05) is 18.4 Å². The molecule has 1 aromatic carbocycles. The van der Waals surface area contributed by atoms with Crippen molar-refractivity contribution < 1.29 is 17.7 Å². The van der Waals surface area contributed by atoms with Crippen molar-refractivity contribution in [3.8, 4) is 0 Å². The fourth-order valence-corrected chi connectivity index (χ4v) is 3.85. The molecule has 1 amide bonds. The summed E-state index contributed by atoms with van der Waals surface area (Å²) in [6.07, 6.45) is 1.32. The average molecular weight is 416 g/mol. The number of aromatic nitrogens is 1. The lowest BCUT2D eigenvalue weighted by Gasteiger charge is -2.23. The SMILES string of the molecule is CC(C)CN(CC(=O)Nc1ccon1)S(=O)(=O)c1ccc(Br)cc1. The molecule has 0 aliphatic carbocycles. The zero-order valence-corrected chi connectivity index (χ0v) is 15.7. The molecule has 24 heavy (non-hydrogen) atoms. The van der Waals surface area contributed by atoms with Gasteiger partial charge in [0, 0.05) is 17.1 Å². The van der Waals surface area contributed by atoms with Crippen molar-refractivity contribution in [1.29, 1.82) is 0 Å². The predicted octanol–water partition coefficient (Wildman–Crippen LogP) is 2.72. The second-order valence-corrected chi connectivity index (χ2v) is 8.43. The van der Waals surface area contributed by atoms with E-state index in [2.05, 4.69) is 30.9 Å². The molecule has 1 N–H and O–H groups in total. The van der Waals surface area contributed by atoms with Crippen LogP contribution >= 0.6 is 15.9 Å².